The first kappa shape index (κ1) is 15.7. The molecule has 0 saturated carbocycles. The maximum absolute atomic E-state index is 13.5. The molecule has 0 N–H and O–H groups in total. The summed E-state index contributed by atoms with van der Waals surface area (Å²) in [4.78, 5) is 14.0. The molecule has 0 amide bonds. The molecular weight excluding hydrogens is 289 g/mol. The van der Waals surface area contributed by atoms with E-state index in [1.165, 1.54) is 12.1 Å². The summed E-state index contributed by atoms with van der Waals surface area (Å²) in [5.74, 6) is -0.626. The van der Waals surface area contributed by atoms with E-state index >= 15 is 0 Å². The predicted molar refractivity (Wildman–Crippen MR) is 83.1 cm³/mol. The van der Waals surface area contributed by atoms with Gasteiger partial charge in [0.05, 0.1) is 5.56 Å². The van der Waals surface area contributed by atoms with Crippen LogP contribution in [-0.2, 0) is 6.54 Å². The number of halogens is 2. The molecule has 4 heteroatoms. The smallest absolute Gasteiger partial charge is 0.167 e. The zero-order valence-corrected chi connectivity index (χ0v) is 12.6. The number of Topliss-reactive ketones (excluding diaryl/α,β-unsaturated/α-hetero) is 1. The first-order chi connectivity index (χ1) is 10.1. The van der Waals surface area contributed by atoms with E-state index in [1.807, 2.05) is 36.2 Å². The molecule has 2 nitrogen and oxygen atoms in total. The number of rotatable bonds is 6. The highest BCUT2D eigenvalue weighted by atomic mass is 35.5. The molecule has 0 aliphatic carbocycles. The summed E-state index contributed by atoms with van der Waals surface area (Å²) in [7, 11) is 1.93. The lowest BCUT2D eigenvalue weighted by Gasteiger charge is -2.16. The molecule has 110 valence electrons. The highest BCUT2D eigenvalue weighted by Gasteiger charge is 2.11. The zero-order valence-electron chi connectivity index (χ0n) is 11.9. The van der Waals surface area contributed by atoms with Gasteiger partial charge in [0, 0.05) is 24.5 Å². The Morgan fingerprint density at radius 2 is 1.81 bits per heavy atom. The lowest BCUT2D eigenvalue weighted by molar-refractivity contribution is 0.0964. The van der Waals surface area contributed by atoms with Crippen LogP contribution in [0, 0.1) is 5.82 Å². The van der Waals surface area contributed by atoms with E-state index in [9.17, 15) is 9.18 Å². The third-order valence-electron chi connectivity index (χ3n) is 3.26. The molecule has 0 unspecified atom stereocenters. The van der Waals surface area contributed by atoms with Crippen molar-refractivity contribution in [3.8, 4) is 0 Å². The van der Waals surface area contributed by atoms with Crippen molar-refractivity contribution >= 4 is 17.4 Å². The SMILES string of the molecule is CN(CCC(=O)c1ccccc1F)Cc1ccc(Cl)cc1. The first-order valence-electron chi connectivity index (χ1n) is 6.77. The topological polar surface area (TPSA) is 20.3 Å². The van der Waals surface area contributed by atoms with Gasteiger partial charge in [-0.15, -0.1) is 0 Å². The highest BCUT2D eigenvalue weighted by Crippen LogP contribution is 2.12. The molecule has 0 spiro atoms. The van der Waals surface area contributed by atoms with E-state index in [-0.39, 0.29) is 11.3 Å². The van der Waals surface area contributed by atoms with Gasteiger partial charge in [-0.25, -0.2) is 4.39 Å². The number of benzene rings is 2. The molecule has 0 bridgehead atoms. The summed E-state index contributed by atoms with van der Waals surface area (Å²) in [5, 5.41) is 0.705. The van der Waals surface area contributed by atoms with Crippen LogP contribution in [0.15, 0.2) is 48.5 Å². The summed E-state index contributed by atoms with van der Waals surface area (Å²) in [6.07, 6.45) is 0.297. The fraction of sp³-hybridized carbons (Fsp3) is 0.235. The molecule has 0 aliphatic heterocycles. The molecule has 2 rings (SSSR count). The van der Waals surface area contributed by atoms with Gasteiger partial charge in [-0.2, -0.15) is 0 Å². The minimum atomic E-state index is -0.456. The number of hydrogen-bond acceptors (Lipinski definition) is 2. The second-order valence-electron chi connectivity index (χ2n) is 5.02. The molecule has 0 saturated heterocycles. The van der Waals surface area contributed by atoms with Crippen LogP contribution in [0.1, 0.15) is 22.3 Å². The molecular formula is C17H17ClFNO. The first-order valence-corrected chi connectivity index (χ1v) is 7.15. The Hall–Kier alpha value is -1.71. The van der Waals surface area contributed by atoms with Gasteiger partial charge in [-0.3, -0.25) is 4.79 Å². The van der Waals surface area contributed by atoms with Crippen LogP contribution >= 0.6 is 11.6 Å². The van der Waals surface area contributed by atoms with Gasteiger partial charge >= 0.3 is 0 Å². The summed E-state index contributed by atoms with van der Waals surface area (Å²) in [6, 6.07) is 13.7. The summed E-state index contributed by atoms with van der Waals surface area (Å²) in [6.45, 7) is 1.30. The van der Waals surface area contributed by atoms with E-state index in [2.05, 4.69) is 0 Å². The van der Waals surface area contributed by atoms with E-state index < -0.39 is 5.82 Å². The van der Waals surface area contributed by atoms with Crippen molar-refractivity contribution in [3.05, 3.63) is 70.5 Å². The molecule has 0 radical (unpaired) electrons. The minimum absolute atomic E-state index is 0.164. The predicted octanol–water partition coefficient (Wildman–Crippen LogP) is 4.18. The van der Waals surface area contributed by atoms with Crippen molar-refractivity contribution in [1.82, 2.24) is 4.90 Å². The number of nitrogens with zero attached hydrogens (tertiary/aromatic N) is 1. The minimum Gasteiger partial charge on any atom is -0.302 e. The second-order valence-corrected chi connectivity index (χ2v) is 5.45. The molecule has 0 aromatic heterocycles. The van der Waals surface area contributed by atoms with Gasteiger partial charge in [0.1, 0.15) is 5.82 Å². The van der Waals surface area contributed by atoms with Crippen molar-refractivity contribution in [2.24, 2.45) is 0 Å². The molecule has 0 atom stereocenters. The van der Waals surface area contributed by atoms with Crippen molar-refractivity contribution in [1.29, 1.82) is 0 Å². The largest absolute Gasteiger partial charge is 0.302 e. The van der Waals surface area contributed by atoms with Crippen LogP contribution in [0.4, 0.5) is 4.39 Å². The standard InChI is InChI=1S/C17H17ClFNO/c1-20(12-13-6-8-14(18)9-7-13)11-10-17(21)15-4-2-3-5-16(15)19/h2-9H,10-12H2,1H3. The van der Waals surface area contributed by atoms with Crippen molar-refractivity contribution in [2.75, 3.05) is 13.6 Å². The van der Waals surface area contributed by atoms with Gasteiger partial charge in [-0.05, 0) is 36.9 Å². The lowest BCUT2D eigenvalue weighted by atomic mass is 10.1. The van der Waals surface area contributed by atoms with Gasteiger partial charge in [0.2, 0.25) is 0 Å². The third kappa shape index (κ3) is 4.66. The lowest BCUT2D eigenvalue weighted by Crippen LogP contribution is -2.21. The molecule has 2 aromatic rings. The summed E-state index contributed by atoms with van der Waals surface area (Å²) in [5.41, 5.74) is 1.29. The Bertz CT molecular complexity index is 612. The molecule has 21 heavy (non-hydrogen) atoms. The Morgan fingerprint density at radius 1 is 1.14 bits per heavy atom. The highest BCUT2D eigenvalue weighted by molar-refractivity contribution is 6.30. The van der Waals surface area contributed by atoms with E-state index in [1.54, 1.807) is 12.1 Å². The van der Waals surface area contributed by atoms with Gasteiger partial charge in [-0.1, -0.05) is 35.9 Å². The average Bonchev–Trinajstić information content (AvgIpc) is 2.48. The Labute approximate surface area is 129 Å². The Kier molecular flexibility index (Phi) is 5.48. The Morgan fingerprint density at radius 3 is 2.48 bits per heavy atom. The van der Waals surface area contributed by atoms with Crippen molar-refractivity contribution in [3.63, 3.8) is 0 Å². The fourth-order valence-corrected chi connectivity index (χ4v) is 2.22. The van der Waals surface area contributed by atoms with Crippen LogP contribution in [-0.4, -0.2) is 24.3 Å². The van der Waals surface area contributed by atoms with Crippen LogP contribution < -0.4 is 0 Å². The number of hydrogen-bond donors (Lipinski definition) is 0. The van der Waals surface area contributed by atoms with Crippen molar-refractivity contribution < 1.29 is 9.18 Å². The molecule has 2 aromatic carbocycles. The van der Waals surface area contributed by atoms with E-state index in [0.29, 0.717) is 18.0 Å². The van der Waals surface area contributed by atoms with E-state index in [4.69, 9.17) is 11.6 Å². The van der Waals surface area contributed by atoms with Crippen molar-refractivity contribution in [2.45, 2.75) is 13.0 Å². The number of ketones is 1. The maximum atomic E-state index is 13.5. The Balaban J connectivity index is 1.86. The molecule has 0 aliphatic rings. The van der Waals surface area contributed by atoms with Gasteiger partial charge in [0.15, 0.2) is 5.78 Å². The van der Waals surface area contributed by atoms with Gasteiger partial charge in [0.25, 0.3) is 0 Å². The quantitative estimate of drug-likeness (QED) is 0.746. The summed E-state index contributed by atoms with van der Waals surface area (Å²) >= 11 is 5.84. The van der Waals surface area contributed by atoms with E-state index in [0.717, 1.165) is 12.1 Å². The number of carbonyl (C=O) groups excluding carboxylic acids is 1. The number of carbonyl (C=O) groups is 1. The van der Waals surface area contributed by atoms with Crippen LogP contribution in [0.25, 0.3) is 0 Å². The van der Waals surface area contributed by atoms with Gasteiger partial charge < -0.3 is 4.90 Å². The molecule has 0 heterocycles. The normalized spacial score (nSPS) is 10.9. The summed E-state index contributed by atoms with van der Waals surface area (Å²) < 4.78 is 13.5. The fourth-order valence-electron chi connectivity index (χ4n) is 2.09. The average molecular weight is 306 g/mol. The zero-order chi connectivity index (χ0) is 15.2. The van der Waals surface area contributed by atoms with Crippen LogP contribution in [0.5, 0.6) is 0 Å². The monoisotopic (exact) mass is 305 g/mol. The third-order valence-corrected chi connectivity index (χ3v) is 3.51. The maximum Gasteiger partial charge on any atom is 0.167 e. The second kappa shape index (κ2) is 7.34. The molecule has 0 fully saturated rings. The van der Waals surface area contributed by atoms with Crippen LogP contribution in [0.2, 0.25) is 5.02 Å². The van der Waals surface area contributed by atoms with Crippen LogP contribution in [0.3, 0.4) is 0 Å².